The average Bonchev–Trinajstić information content (AvgIpc) is 3.19. The molecule has 0 aliphatic carbocycles. The number of nitrogens with zero attached hydrogens (tertiary/aromatic N) is 1. The first kappa shape index (κ1) is 14.3. The fourth-order valence-electron chi connectivity index (χ4n) is 1.77. The van der Waals surface area contributed by atoms with Crippen molar-refractivity contribution < 1.29 is 4.79 Å². The summed E-state index contributed by atoms with van der Waals surface area (Å²) in [6, 6.07) is 9.77. The Labute approximate surface area is 135 Å². The van der Waals surface area contributed by atoms with Gasteiger partial charge in [-0.25, -0.2) is 4.98 Å². The van der Waals surface area contributed by atoms with Crippen LogP contribution in [-0.2, 0) is 0 Å². The van der Waals surface area contributed by atoms with E-state index in [1.165, 1.54) is 16.2 Å². The molecule has 0 aliphatic heterocycles. The molecule has 0 unspecified atom stereocenters. The summed E-state index contributed by atoms with van der Waals surface area (Å²) in [5.74, 6) is -0.176. The number of amides is 1. The standard InChI is InChI=1S/C15H12N2OS3/c1-19-12-4-2-11(3-5-12)16-14(18)13-9-21-15(17-13)10-6-7-20-8-10/h2-9H,1H3,(H,16,18). The summed E-state index contributed by atoms with van der Waals surface area (Å²) in [7, 11) is 0. The van der Waals surface area contributed by atoms with Gasteiger partial charge in [-0.05, 0) is 42.0 Å². The summed E-state index contributed by atoms with van der Waals surface area (Å²) in [6.07, 6.45) is 2.02. The summed E-state index contributed by atoms with van der Waals surface area (Å²) in [5.41, 5.74) is 2.30. The van der Waals surface area contributed by atoms with Crippen molar-refractivity contribution >= 4 is 46.0 Å². The zero-order chi connectivity index (χ0) is 14.7. The van der Waals surface area contributed by atoms with Crippen LogP contribution in [0.25, 0.3) is 10.6 Å². The highest BCUT2D eigenvalue weighted by molar-refractivity contribution is 7.98. The Balaban J connectivity index is 1.73. The van der Waals surface area contributed by atoms with E-state index < -0.39 is 0 Å². The molecular formula is C15H12N2OS3. The Kier molecular flexibility index (Phi) is 4.38. The molecule has 0 bridgehead atoms. The quantitative estimate of drug-likeness (QED) is 0.695. The first-order valence-corrected chi connectivity index (χ1v) is 9.24. The number of rotatable bonds is 4. The molecule has 2 aromatic heterocycles. The zero-order valence-corrected chi connectivity index (χ0v) is 13.6. The Morgan fingerprint density at radius 1 is 1.19 bits per heavy atom. The van der Waals surface area contributed by atoms with E-state index in [4.69, 9.17) is 0 Å². The van der Waals surface area contributed by atoms with E-state index >= 15 is 0 Å². The van der Waals surface area contributed by atoms with Gasteiger partial charge in [0.1, 0.15) is 10.7 Å². The van der Waals surface area contributed by atoms with Crippen LogP contribution in [0.1, 0.15) is 10.5 Å². The predicted molar refractivity (Wildman–Crippen MR) is 91.6 cm³/mol. The Morgan fingerprint density at radius 2 is 2.00 bits per heavy atom. The topological polar surface area (TPSA) is 42.0 Å². The molecule has 1 N–H and O–H groups in total. The van der Waals surface area contributed by atoms with Gasteiger partial charge in [-0.15, -0.1) is 23.1 Å². The van der Waals surface area contributed by atoms with Gasteiger partial charge < -0.3 is 5.32 Å². The van der Waals surface area contributed by atoms with Crippen molar-refractivity contribution in [2.24, 2.45) is 0 Å². The number of hydrogen-bond donors (Lipinski definition) is 1. The van der Waals surface area contributed by atoms with Crippen LogP contribution in [0.5, 0.6) is 0 Å². The van der Waals surface area contributed by atoms with Crippen LogP contribution in [0.15, 0.2) is 51.4 Å². The van der Waals surface area contributed by atoms with E-state index in [0.717, 1.165) is 16.3 Å². The molecule has 3 aromatic rings. The van der Waals surface area contributed by atoms with Crippen LogP contribution in [-0.4, -0.2) is 17.1 Å². The molecule has 1 amide bonds. The fourth-order valence-corrected chi connectivity index (χ4v) is 3.69. The number of thioether (sulfide) groups is 1. The molecule has 0 spiro atoms. The summed E-state index contributed by atoms with van der Waals surface area (Å²) >= 11 is 4.78. The number of hydrogen-bond acceptors (Lipinski definition) is 5. The molecule has 0 saturated heterocycles. The first-order chi connectivity index (χ1) is 10.3. The molecule has 3 nitrogen and oxygen atoms in total. The van der Waals surface area contributed by atoms with Gasteiger partial charge in [-0.1, -0.05) is 0 Å². The number of nitrogens with one attached hydrogen (secondary N) is 1. The van der Waals surface area contributed by atoms with Crippen molar-refractivity contribution in [3.8, 4) is 10.6 Å². The zero-order valence-electron chi connectivity index (χ0n) is 11.2. The largest absolute Gasteiger partial charge is 0.321 e. The molecule has 3 rings (SSSR count). The van der Waals surface area contributed by atoms with Gasteiger partial charge in [0, 0.05) is 26.9 Å². The van der Waals surface area contributed by atoms with Crippen molar-refractivity contribution in [2.75, 3.05) is 11.6 Å². The lowest BCUT2D eigenvalue weighted by molar-refractivity contribution is 0.102. The third kappa shape index (κ3) is 3.34. The number of anilines is 1. The minimum absolute atomic E-state index is 0.176. The van der Waals surface area contributed by atoms with Gasteiger partial charge in [0.2, 0.25) is 0 Å². The van der Waals surface area contributed by atoms with E-state index in [2.05, 4.69) is 10.3 Å². The predicted octanol–water partition coefficient (Wildman–Crippen LogP) is 4.85. The van der Waals surface area contributed by atoms with Gasteiger partial charge in [0.25, 0.3) is 5.91 Å². The maximum absolute atomic E-state index is 12.2. The van der Waals surface area contributed by atoms with Gasteiger partial charge in [-0.2, -0.15) is 11.3 Å². The Bertz CT molecular complexity index is 733. The van der Waals surface area contributed by atoms with Gasteiger partial charge in [-0.3, -0.25) is 4.79 Å². The monoisotopic (exact) mass is 332 g/mol. The number of carbonyl (C=O) groups excluding carboxylic acids is 1. The van der Waals surface area contributed by atoms with E-state index in [1.807, 2.05) is 47.3 Å². The third-order valence-electron chi connectivity index (χ3n) is 2.85. The molecule has 106 valence electrons. The molecule has 6 heteroatoms. The fraction of sp³-hybridized carbons (Fsp3) is 0.0667. The maximum atomic E-state index is 12.2. The van der Waals surface area contributed by atoms with E-state index in [-0.39, 0.29) is 5.91 Å². The van der Waals surface area contributed by atoms with Gasteiger partial charge in [0.15, 0.2) is 0 Å². The second-order valence-electron chi connectivity index (χ2n) is 4.23. The lowest BCUT2D eigenvalue weighted by atomic mass is 10.3. The van der Waals surface area contributed by atoms with E-state index in [9.17, 15) is 4.79 Å². The van der Waals surface area contributed by atoms with Crippen LogP contribution in [0.4, 0.5) is 5.69 Å². The van der Waals surface area contributed by atoms with Crippen molar-refractivity contribution in [1.29, 1.82) is 0 Å². The van der Waals surface area contributed by atoms with E-state index in [1.54, 1.807) is 28.5 Å². The van der Waals surface area contributed by atoms with Crippen LogP contribution in [0.3, 0.4) is 0 Å². The molecule has 21 heavy (non-hydrogen) atoms. The first-order valence-electron chi connectivity index (χ1n) is 6.20. The summed E-state index contributed by atoms with van der Waals surface area (Å²) in [4.78, 5) is 17.7. The molecule has 1 aromatic carbocycles. The van der Waals surface area contributed by atoms with Crippen molar-refractivity contribution in [3.63, 3.8) is 0 Å². The highest BCUT2D eigenvalue weighted by atomic mass is 32.2. The van der Waals surface area contributed by atoms with Gasteiger partial charge in [0.05, 0.1) is 0 Å². The molecule has 2 heterocycles. The maximum Gasteiger partial charge on any atom is 0.275 e. The molecular weight excluding hydrogens is 320 g/mol. The average molecular weight is 332 g/mol. The van der Waals surface area contributed by atoms with Crippen molar-refractivity contribution in [1.82, 2.24) is 4.98 Å². The molecule has 0 saturated carbocycles. The van der Waals surface area contributed by atoms with Gasteiger partial charge >= 0.3 is 0 Å². The summed E-state index contributed by atoms with van der Waals surface area (Å²) in [5, 5.41) is 9.56. The lowest BCUT2D eigenvalue weighted by Crippen LogP contribution is -2.12. The number of benzene rings is 1. The smallest absolute Gasteiger partial charge is 0.275 e. The van der Waals surface area contributed by atoms with Crippen LogP contribution < -0.4 is 5.32 Å². The number of thiophene rings is 1. The van der Waals surface area contributed by atoms with Crippen molar-refractivity contribution in [2.45, 2.75) is 4.90 Å². The van der Waals surface area contributed by atoms with Crippen LogP contribution in [0, 0.1) is 0 Å². The minimum atomic E-state index is -0.176. The third-order valence-corrected chi connectivity index (χ3v) is 5.17. The minimum Gasteiger partial charge on any atom is -0.321 e. The lowest BCUT2D eigenvalue weighted by Gasteiger charge is -2.03. The SMILES string of the molecule is CSc1ccc(NC(=O)c2csc(-c3ccsc3)n2)cc1. The van der Waals surface area contributed by atoms with Crippen LogP contribution >= 0.6 is 34.4 Å². The summed E-state index contributed by atoms with van der Waals surface area (Å²) < 4.78 is 0. The molecule has 0 fully saturated rings. The Morgan fingerprint density at radius 3 is 2.67 bits per heavy atom. The van der Waals surface area contributed by atoms with E-state index in [0.29, 0.717) is 5.69 Å². The molecule has 0 aliphatic rings. The molecule has 0 atom stereocenters. The highest BCUT2D eigenvalue weighted by Crippen LogP contribution is 2.26. The second kappa shape index (κ2) is 6.43. The number of aromatic nitrogens is 1. The number of thiazole rings is 1. The normalized spacial score (nSPS) is 10.5. The number of carbonyl (C=O) groups is 1. The van der Waals surface area contributed by atoms with Crippen molar-refractivity contribution in [3.05, 3.63) is 52.2 Å². The highest BCUT2D eigenvalue weighted by Gasteiger charge is 2.12. The second-order valence-corrected chi connectivity index (χ2v) is 6.75. The Hall–Kier alpha value is -1.63. The summed E-state index contributed by atoms with van der Waals surface area (Å²) in [6.45, 7) is 0. The van der Waals surface area contributed by atoms with Crippen LogP contribution in [0.2, 0.25) is 0 Å². The molecule has 0 radical (unpaired) electrons.